The molecule has 7 heteroatoms. The number of hydrogen-bond donors (Lipinski definition) is 2. The minimum absolute atomic E-state index is 0.446. The fourth-order valence-corrected chi connectivity index (χ4v) is 2.36. The highest BCUT2D eigenvalue weighted by Gasteiger charge is 2.17. The van der Waals surface area contributed by atoms with E-state index in [1.807, 2.05) is 37.3 Å². The number of pyridine rings is 1. The molecule has 3 rings (SSSR count). The summed E-state index contributed by atoms with van der Waals surface area (Å²) < 4.78 is 10.9. The molecular formula is C17H19N5O2. The highest BCUT2D eigenvalue weighted by atomic mass is 16.5. The van der Waals surface area contributed by atoms with Crippen LogP contribution in [0.3, 0.4) is 0 Å². The van der Waals surface area contributed by atoms with E-state index in [2.05, 4.69) is 20.2 Å². The average Bonchev–Trinajstić information content (AvgIpc) is 3.12. The van der Waals surface area contributed by atoms with Gasteiger partial charge in [0.1, 0.15) is 5.82 Å². The van der Waals surface area contributed by atoms with Crippen LogP contribution in [0.4, 0.5) is 0 Å². The van der Waals surface area contributed by atoms with E-state index in [4.69, 9.17) is 15.2 Å². The molecular weight excluding hydrogens is 306 g/mol. The number of nitrogens with one attached hydrogen (secondary N) is 1. The third-order valence-electron chi connectivity index (χ3n) is 3.58. The molecule has 3 aromatic rings. The van der Waals surface area contributed by atoms with Crippen molar-refractivity contribution in [3.8, 4) is 22.9 Å². The summed E-state index contributed by atoms with van der Waals surface area (Å²) in [5.41, 5.74) is 8.06. The predicted molar refractivity (Wildman–Crippen MR) is 89.8 cm³/mol. The van der Waals surface area contributed by atoms with E-state index in [0.717, 1.165) is 11.1 Å². The standard InChI is InChI=1S/C17H19N5O2/c1-3-24-14-10-12(4-5-13(14)23-2)15(18)17-20-16(21-22-17)11-6-8-19-9-7-11/h4-10,15H,3,18H2,1-2H3,(H,20,21,22). The molecule has 124 valence electrons. The van der Waals surface area contributed by atoms with Gasteiger partial charge in [-0.3, -0.25) is 10.1 Å². The van der Waals surface area contributed by atoms with Crippen molar-refractivity contribution in [1.82, 2.24) is 20.2 Å². The third-order valence-corrected chi connectivity index (χ3v) is 3.58. The van der Waals surface area contributed by atoms with Crippen molar-refractivity contribution < 1.29 is 9.47 Å². The zero-order valence-electron chi connectivity index (χ0n) is 13.6. The molecule has 24 heavy (non-hydrogen) atoms. The van der Waals surface area contributed by atoms with Gasteiger partial charge in [-0.25, -0.2) is 4.98 Å². The first-order valence-corrected chi connectivity index (χ1v) is 7.62. The number of nitrogens with zero attached hydrogens (tertiary/aromatic N) is 3. The largest absolute Gasteiger partial charge is 0.493 e. The molecule has 0 aliphatic carbocycles. The van der Waals surface area contributed by atoms with Crippen LogP contribution >= 0.6 is 0 Å². The molecule has 1 aromatic carbocycles. The van der Waals surface area contributed by atoms with Crippen molar-refractivity contribution >= 4 is 0 Å². The molecule has 0 saturated carbocycles. The maximum absolute atomic E-state index is 6.32. The average molecular weight is 325 g/mol. The van der Waals surface area contributed by atoms with Crippen LogP contribution in [0.1, 0.15) is 24.4 Å². The van der Waals surface area contributed by atoms with Crippen LogP contribution in [0, 0.1) is 0 Å². The monoisotopic (exact) mass is 325 g/mol. The highest BCUT2D eigenvalue weighted by molar-refractivity contribution is 5.53. The van der Waals surface area contributed by atoms with E-state index in [0.29, 0.717) is 29.8 Å². The quantitative estimate of drug-likeness (QED) is 0.721. The van der Waals surface area contributed by atoms with E-state index in [9.17, 15) is 0 Å². The molecule has 0 saturated heterocycles. The Balaban J connectivity index is 1.88. The fraction of sp³-hybridized carbons (Fsp3) is 0.235. The van der Waals surface area contributed by atoms with Gasteiger partial charge in [-0.2, -0.15) is 5.10 Å². The number of aromatic amines is 1. The number of hydrogen-bond acceptors (Lipinski definition) is 6. The van der Waals surface area contributed by atoms with Crippen LogP contribution in [0.25, 0.3) is 11.4 Å². The highest BCUT2D eigenvalue weighted by Crippen LogP contribution is 2.31. The van der Waals surface area contributed by atoms with Gasteiger partial charge in [0.15, 0.2) is 17.3 Å². The Bertz CT molecular complexity index is 804. The second kappa shape index (κ2) is 7.10. The van der Waals surface area contributed by atoms with E-state index in [-0.39, 0.29) is 0 Å². The topological polar surface area (TPSA) is 98.9 Å². The SMILES string of the molecule is CCOc1cc(C(N)c2nc(-c3ccncc3)n[nH]2)ccc1OC. The van der Waals surface area contributed by atoms with Crippen LogP contribution in [0.5, 0.6) is 11.5 Å². The van der Waals surface area contributed by atoms with Gasteiger partial charge in [0.25, 0.3) is 0 Å². The van der Waals surface area contributed by atoms with Crippen LogP contribution < -0.4 is 15.2 Å². The Morgan fingerprint density at radius 3 is 2.67 bits per heavy atom. The van der Waals surface area contributed by atoms with Crippen LogP contribution in [-0.4, -0.2) is 33.9 Å². The van der Waals surface area contributed by atoms with Gasteiger partial charge in [-0.15, -0.1) is 0 Å². The number of benzene rings is 1. The Morgan fingerprint density at radius 1 is 1.17 bits per heavy atom. The summed E-state index contributed by atoms with van der Waals surface area (Å²) in [6, 6.07) is 8.83. The summed E-state index contributed by atoms with van der Waals surface area (Å²) in [6.45, 7) is 2.47. The minimum atomic E-state index is -0.446. The summed E-state index contributed by atoms with van der Waals surface area (Å²) in [6.07, 6.45) is 3.40. The van der Waals surface area contributed by atoms with E-state index in [1.54, 1.807) is 19.5 Å². The molecule has 1 atom stereocenters. The molecule has 0 aliphatic heterocycles. The number of aromatic nitrogens is 4. The molecule has 1 unspecified atom stereocenters. The van der Waals surface area contributed by atoms with Gasteiger partial charge in [0.2, 0.25) is 0 Å². The second-order valence-corrected chi connectivity index (χ2v) is 5.10. The third kappa shape index (κ3) is 3.21. The molecule has 0 fully saturated rings. The maximum Gasteiger partial charge on any atom is 0.181 e. The van der Waals surface area contributed by atoms with Gasteiger partial charge in [-0.1, -0.05) is 6.07 Å². The lowest BCUT2D eigenvalue weighted by molar-refractivity contribution is 0.310. The van der Waals surface area contributed by atoms with E-state index in [1.165, 1.54) is 0 Å². The number of ether oxygens (including phenoxy) is 2. The summed E-state index contributed by atoms with van der Waals surface area (Å²) in [5, 5.41) is 7.13. The zero-order valence-corrected chi connectivity index (χ0v) is 13.6. The molecule has 0 spiro atoms. The van der Waals surface area contributed by atoms with Crippen molar-refractivity contribution in [3.63, 3.8) is 0 Å². The minimum Gasteiger partial charge on any atom is -0.493 e. The number of H-pyrrole nitrogens is 1. The van der Waals surface area contributed by atoms with Gasteiger partial charge >= 0.3 is 0 Å². The van der Waals surface area contributed by atoms with Crippen molar-refractivity contribution in [2.45, 2.75) is 13.0 Å². The molecule has 0 bridgehead atoms. The molecule has 3 N–H and O–H groups in total. The Morgan fingerprint density at radius 2 is 1.96 bits per heavy atom. The summed E-state index contributed by atoms with van der Waals surface area (Å²) in [5.74, 6) is 2.49. The summed E-state index contributed by atoms with van der Waals surface area (Å²) >= 11 is 0. The van der Waals surface area contributed by atoms with Crippen molar-refractivity contribution in [1.29, 1.82) is 0 Å². The molecule has 2 aromatic heterocycles. The second-order valence-electron chi connectivity index (χ2n) is 5.10. The van der Waals surface area contributed by atoms with Crippen molar-refractivity contribution in [3.05, 3.63) is 54.1 Å². The predicted octanol–water partition coefficient (Wildman–Crippen LogP) is 2.32. The van der Waals surface area contributed by atoms with Gasteiger partial charge < -0.3 is 15.2 Å². The zero-order chi connectivity index (χ0) is 16.9. The number of nitrogens with two attached hydrogens (primary N) is 1. The van der Waals surface area contributed by atoms with Crippen LogP contribution in [-0.2, 0) is 0 Å². The lowest BCUT2D eigenvalue weighted by Gasteiger charge is -2.14. The molecule has 0 aliphatic rings. The maximum atomic E-state index is 6.32. The first kappa shape index (κ1) is 15.9. The first-order chi connectivity index (χ1) is 11.7. The molecule has 2 heterocycles. The lowest BCUT2D eigenvalue weighted by Crippen LogP contribution is -2.14. The summed E-state index contributed by atoms with van der Waals surface area (Å²) in [4.78, 5) is 8.47. The van der Waals surface area contributed by atoms with Crippen LogP contribution in [0.15, 0.2) is 42.7 Å². The van der Waals surface area contributed by atoms with Crippen molar-refractivity contribution in [2.24, 2.45) is 5.73 Å². The smallest absolute Gasteiger partial charge is 0.181 e. The summed E-state index contributed by atoms with van der Waals surface area (Å²) in [7, 11) is 1.61. The van der Waals surface area contributed by atoms with Gasteiger partial charge in [-0.05, 0) is 36.8 Å². The van der Waals surface area contributed by atoms with Gasteiger partial charge in [0.05, 0.1) is 19.8 Å². The molecule has 7 nitrogen and oxygen atoms in total. The lowest BCUT2D eigenvalue weighted by atomic mass is 10.1. The Labute approximate surface area is 139 Å². The van der Waals surface area contributed by atoms with Crippen molar-refractivity contribution in [2.75, 3.05) is 13.7 Å². The first-order valence-electron chi connectivity index (χ1n) is 7.62. The fourth-order valence-electron chi connectivity index (χ4n) is 2.36. The Kier molecular flexibility index (Phi) is 4.72. The number of methoxy groups -OCH3 is 1. The van der Waals surface area contributed by atoms with Gasteiger partial charge in [0, 0.05) is 18.0 Å². The Hall–Kier alpha value is -2.93. The number of rotatable bonds is 6. The van der Waals surface area contributed by atoms with E-state index < -0.39 is 6.04 Å². The normalized spacial score (nSPS) is 12.0. The molecule has 0 amide bonds. The molecule has 0 radical (unpaired) electrons. The van der Waals surface area contributed by atoms with E-state index >= 15 is 0 Å². The van der Waals surface area contributed by atoms with Crippen LogP contribution in [0.2, 0.25) is 0 Å².